The molecule has 1 fully saturated rings. The molecule has 8 heteroatoms. The molecule has 0 aliphatic carbocycles. The van der Waals surface area contributed by atoms with Gasteiger partial charge in [-0.05, 0) is 52.7 Å². The fourth-order valence-corrected chi connectivity index (χ4v) is 3.80. The minimum Gasteiger partial charge on any atom is -0.354 e. The Morgan fingerprint density at radius 1 is 1.29 bits per heavy atom. The van der Waals surface area contributed by atoms with Crippen molar-refractivity contribution in [3.63, 3.8) is 0 Å². The molecular formula is C20H30N6O2. The van der Waals surface area contributed by atoms with Crippen LogP contribution in [0.4, 0.5) is 0 Å². The molecule has 2 aromatic heterocycles. The maximum atomic E-state index is 12.9. The van der Waals surface area contributed by atoms with Crippen molar-refractivity contribution in [1.29, 1.82) is 0 Å². The summed E-state index contributed by atoms with van der Waals surface area (Å²) in [6.45, 7) is 10.8. The van der Waals surface area contributed by atoms with E-state index in [1.807, 2.05) is 44.6 Å². The maximum absolute atomic E-state index is 12.9. The molecule has 152 valence electrons. The van der Waals surface area contributed by atoms with Crippen molar-refractivity contribution in [3.05, 3.63) is 35.4 Å². The van der Waals surface area contributed by atoms with Crippen LogP contribution < -0.4 is 5.32 Å². The zero-order valence-corrected chi connectivity index (χ0v) is 17.2. The van der Waals surface area contributed by atoms with Crippen LogP contribution in [0.2, 0.25) is 0 Å². The summed E-state index contributed by atoms with van der Waals surface area (Å²) in [6, 6.07) is 3.76. The highest BCUT2D eigenvalue weighted by molar-refractivity contribution is 5.93. The minimum atomic E-state index is -0.587. The van der Waals surface area contributed by atoms with Gasteiger partial charge in [-0.3, -0.25) is 19.0 Å². The van der Waals surface area contributed by atoms with Gasteiger partial charge in [-0.25, -0.2) is 0 Å². The average molecular weight is 387 g/mol. The van der Waals surface area contributed by atoms with Crippen molar-refractivity contribution in [1.82, 2.24) is 29.8 Å². The van der Waals surface area contributed by atoms with E-state index in [0.717, 1.165) is 30.8 Å². The van der Waals surface area contributed by atoms with Crippen LogP contribution in [0.25, 0.3) is 0 Å². The molecule has 0 unspecified atom stereocenters. The quantitative estimate of drug-likeness (QED) is 0.820. The van der Waals surface area contributed by atoms with Gasteiger partial charge in [-0.1, -0.05) is 0 Å². The third kappa shape index (κ3) is 4.26. The number of nitrogens with one attached hydrogen (secondary N) is 1. The summed E-state index contributed by atoms with van der Waals surface area (Å²) in [7, 11) is 0. The summed E-state index contributed by atoms with van der Waals surface area (Å²) in [5.41, 5.74) is 1.91. The van der Waals surface area contributed by atoms with Crippen LogP contribution >= 0.6 is 0 Å². The smallest absolute Gasteiger partial charge is 0.274 e. The zero-order valence-electron chi connectivity index (χ0n) is 17.2. The largest absolute Gasteiger partial charge is 0.354 e. The van der Waals surface area contributed by atoms with Gasteiger partial charge in [0.2, 0.25) is 5.91 Å². The van der Waals surface area contributed by atoms with Gasteiger partial charge in [-0.2, -0.15) is 10.2 Å². The molecule has 0 spiro atoms. The highest BCUT2D eigenvalue weighted by atomic mass is 16.2. The summed E-state index contributed by atoms with van der Waals surface area (Å²) in [5.74, 6) is -0.112. The highest BCUT2D eigenvalue weighted by Crippen LogP contribution is 2.30. The molecule has 1 aliphatic heterocycles. The second-order valence-corrected chi connectivity index (χ2v) is 7.85. The molecule has 0 radical (unpaired) electrons. The van der Waals surface area contributed by atoms with Crippen molar-refractivity contribution in [2.45, 2.75) is 53.6 Å². The third-order valence-corrected chi connectivity index (χ3v) is 5.43. The summed E-state index contributed by atoms with van der Waals surface area (Å²) in [5, 5.41) is 11.8. The van der Waals surface area contributed by atoms with Gasteiger partial charge in [0, 0.05) is 38.1 Å². The van der Waals surface area contributed by atoms with Crippen LogP contribution in [0.1, 0.15) is 48.6 Å². The number of hydrogen-bond acceptors (Lipinski definition) is 4. The van der Waals surface area contributed by atoms with Crippen molar-refractivity contribution in [2.24, 2.45) is 5.41 Å². The van der Waals surface area contributed by atoms with E-state index in [2.05, 4.69) is 15.5 Å². The Morgan fingerprint density at radius 2 is 2.07 bits per heavy atom. The van der Waals surface area contributed by atoms with Gasteiger partial charge in [-0.15, -0.1) is 0 Å². The van der Waals surface area contributed by atoms with Gasteiger partial charge in [0.25, 0.3) is 5.91 Å². The summed E-state index contributed by atoms with van der Waals surface area (Å²) in [4.78, 5) is 27.4. The van der Waals surface area contributed by atoms with Gasteiger partial charge in [0.15, 0.2) is 0 Å². The number of carbonyl (C=O) groups excluding carboxylic acids is 2. The van der Waals surface area contributed by atoms with Crippen molar-refractivity contribution < 1.29 is 9.59 Å². The lowest BCUT2D eigenvalue weighted by atomic mass is 9.81. The number of aryl methyl sites for hydroxylation is 3. The molecule has 1 atom stereocenters. The van der Waals surface area contributed by atoms with Gasteiger partial charge in [0.05, 0.1) is 17.7 Å². The van der Waals surface area contributed by atoms with Crippen LogP contribution in [-0.2, 0) is 17.9 Å². The van der Waals surface area contributed by atoms with E-state index in [9.17, 15) is 9.59 Å². The monoisotopic (exact) mass is 386 g/mol. The topological polar surface area (TPSA) is 85.0 Å². The number of amides is 2. The number of carbonyl (C=O) groups is 2. The van der Waals surface area contributed by atoms with Gasteiger partial charge in [0.1, 0.15) is 5.69 Å². The van der Waals surface area contributed by atoms with Crippen LogP contribution in [0.3, 0.4) is 0 Å². The second-order valence-electron chi connectivity index (χ2n) is 7.85. The summed E-state index contributed by atoms with van der Waals surface area (Å²) < 4.78 is 3.64. The molecule has 0 saturated carbocycles. The third-order valence-electron chi connectivity index (χ3n) is 5.43. The number of nitrogens with zero attached hydrogens (tertiary/aromatic N) is 5. The molecule has 0 bridgehead atoms. The fourth-order valence-electron chi connectivity index (χ4n) is 3.80. The van der Waals surface area contributed by atoms with Gasteiger partial charge >= 0.3 is 0 Å². The van der Waals surface area contributed by atoms with E-state index in [4.69, 9.17) is 0 Å². The first-order valence-corrected chi connectivity index (χ1v) is 9.94. The minimum absolute atomic E-state index is 0.00869. The molecule has 3 heterocycles. The normalized spacial score (nSPS) is 19.6. The number of hydrogen-bond donors (Lipinski definition) is 1. The Hall–Kier alpha value is -2.64. The van der Waals surface area contributed by atoms with Crippen LogP contribution in [-0.4, -0.2) is 55.9 Å². The molecular weight excluding hydrogens is 356 g/mol. The number of piperidine rings is 1. The first-order chi connectivity index (χ1) is 13.3. The molecule has 2 aromatic rings. The van der Waals surface area contributed by atoms with Gasteiger partial charge < -0.3 is 10.2 Å². The highest BCUT2D eigenvalue weighted by Gasteiger charge is 2.39. The Balaban J connectivity index is 1.58. The Kier molecular flexibility index (Phi) is 5.86. The zero-order chi connectivity index (χ0) is 20.3. The Morgan fingerprint density at radius 3 is 2.71 bits per heavy atom. The molecule has 8 nitrogen and oxygen atoms in total. The van der Waals surface area contributed by atoms with E-state index in [1.165, 1.54) is 0 Å². The van der Waals surface area contributed by atoms with Crippen LogP contribution in [0.5, 0.6) is 0 Å². The predicted molar refractivity (Wildman–Crippen MR) is 106 cm³/mol. The van der Waals surface area contributed by atoms with E-state index in [0.29, 0.717) is 31.9 Å². The van der Waals surface area contributed by atoms with E-state index in [-0.39, 0.29) is 11.8 Å². The average Bonchev–Trinajstić information content (AvgIpc) is 3.27. The van der Waals surface area contributed by atoms with Crippen molar-refractivity contribution >= 4 is 11.8 Å². The summed E-state index contributed by atoms with van der Waals surface area (Å²) >= 11 is 0. The van der Waals surface area contributed by atoms with Crippen LogP contribution in [0, 0.1) is 19.3 Å². The first-order valence-electron chi connectivity index (χ1n) is 9.94. The fraction of sp³-hybridized carbons (Fsp3) is 0.600. The lowest BCUT2D eigenvalue weighted by Gasteiger charge is -2.39. The first kappa shape index (κ1) is 20.1. The van der Waals surface area contributed by atoms with E-state index >= 15 is 0 Å². The standard InChI is InChI=1S/C20H30N6O2/c1-5-25-11-7-17(23-25)18(27)24-10-6-8-20(4,14-24)19(28)21-9-12-26-16(3)13-15(2)22-26/h7,11,13H,5-6,8-10,12,14H2,1-4H3,(H,21,28)/t20-/m1/s1. The lowest BCUT2D eigenvalue weighted by Crippen LogP contribution is -2.52. The van der Waals surface area contributed by atoms with Crippen molar-refractivity contribution in [3.8, 4) is 0 Å². The second kappa shape index (κ2) is 8.16. The van der Waals surface area contributed by atoms with Crippen molar-refractivity contribution in [2.75, 3.05) is 19.6 Å². The van der Waals surface area contributed by atoms with E-state index < -0.39 is 5.41 Å². The molecule has 1 N–H and O–H groups in total. The molecule has 28 heavy (non-hydrogen) atoms. The Bertz CT molecular complexity index is 855. The molecule has 1 aliphatic rings. The SMILES string of the molecule is CCn1ccc(C(=O)N2CCC[C@@](C)(C(=O)NCCn3nc(C)cc3C)C2)n1. The Labute approximate surface area is 165 Å². The predicted octanol–water partition coefficient (Wildman–Crippen LogP) is 1.78. The number of likely N-dealkylation sites (tertiary alicyclic amines) is 1. The molecule has 0 aromatic carbocycles. The molecule has 1 saturated heterocycles. The number of rotatable bonds is 6. The lowest BCUT2D eigenvalue weighted by molar-refractivity contribution is -0.132. The maximum Gasteiger partial charge on any atom is 0.274 e. The van der Waals surface area contributed by atoms with Crippen LogP contribution in [0.15, 0.2) is 18.3 Å². The van der Waals surface area contributed by atoms with E-state index in [1.54, 1.807) is 15.6 Å². The molecule has 3 rings (SSSR count). The number of aromatic nitrogens is 4. The molecule has 2 amide bonds. The summed E-state index contributed by atoms with van der Waals surface area (Å²) in [6.07, 6.45) is 3.38.